The van der Waals surface area contributed by atoms with Gasteiger partial charge in [-0.1, -0.05) is 17.7 Å². The lowest BCUT2D eigenvalue weighted by Crippen LogP contribution is -2.18. The fourth-order valence-corrected chi connectivity index (χ4v) is 2.20. The van der Waals surface area contributed by atoms with Gasteiger partial charge >= 0.3 is 0 Å². The number of nitrogens with zero attached hydrogens (tertiary/aromatic N) is 1. The normalized spacial score (nSPS) is 10.5. The molecule has 0 saturated heterocycles. The van der Waals surface area contributed by atoms with Crippen LogP contribution in [-0.4, -0.2) is 25.1 Å². The van der Waals surface area contributed by atoms with Gasteiger partial charge in [0.25, 0.3) is 5.91 Å². The minimum atomic E-state index is -0.391. The summed E-state index contributed by atoms with van der Waals surface area (Å²) in [6.45, 7) is 1.40. The Labute approximate surface area is 144 Å². The minimum Gasteiger partial charge on any atom is -0.495 e. The van der Waals surface area contributed by atoms with Gasteiger partial charge in [-0.2, -0.15) is 5.10 Å². The van der Waals surface area contributed by atoms with E-state index in [1.165, 1.54) is 20.2 Å². The zero-order valence-corrected chi connectivity index (χ0v) is 13.9. The molecule has 0 radical (unpaired) electrons. The number of hydrazone groups is 1. The monoisotopic (exact) mass is 345 g/mol. The van der Waals surface area contributed by atoms with Crippen LogP contribution in [0, 0.1) is 0 Å². The highest BCUT2D eigenvalue weighted by Gasteiger charge is 2.06. The van der Waals surface area contributed by atoms with Crippen molar-refractivity contribution in [3.8, 4) is 5.75 Å². The topological polar surface area (TPSA) is 79.8 Å². The van der Waals surface area contributed by atoms with E-state index in [1.807, 2.05) is 0 Å². The number of benzene rings is 2. The van der Waals surface area contributed by atoms with Crippen LogP contribution >= 0.6 is 11.6 Å². The molecule has 124 valence electrons. The number of methoxy groups -OCH3 is 1. The molecule has 0 aliphatic rings. The van der Waals surface area contributed by atoms with E-state index >= 15 is 0 Å². The summed E-state index contributed by atoms with van der Waals surface area (Å²) in [6, 6.07) is 11.7. The highest BCUT2D eigenvalue weighted by molar-refractivity contribution is 6.32. The summed E-state index contributed by atoms with van der Waals surface area (Å²) in [6.07, 6.45) is 1.47. The number of halogens is 1. The zero-order valence-electron chi connectivity index (χ0n) is 13.2. The van der Waals surface area contributed by atoms with Gasteiger partial charge in [0.1, 0.15) is 5.75 Å². The smallest absolute Gasteiger partial charge is 0.271 e. The number of hydrogen-bond acceptors (Lipinski definition) is 4. The molecule has 0 heterocycles. The second kappa shape index (κ2) is 8.12. The molecule has 0 fully saturated rings. The summed E-state index contributed by atoms with van der Waals surface area (Å²) in [5.74, 6) is -0.0346. The summed E-state index contributed by atoms with van der Waals surface area (Å²) >= 11 is 6.02. The van der Waals surface area contributed by atoms with E-state index in [0.29, 0.717) is 27.6 Å². The van der Waals surface area contributed by atoms with Crippen molar-refractivity contribution < 1.29 is 14.3 Å². The Bertz CT molecular complexity index is 790. The number of ether oxygens (including phenoxy) is 1. The first-order chi connectivity index (χ1) is 11.5. The quantitative estimate of drug-likeness (QED) is 0.645. The van der Waals surface area contributed by atoms with Crippen molar-refractivity contribution in [2.75, 3.05) is 12.4 Å². The molecular formula is C17H16ClN3O3. The maximum absolute atomic E-state index is 12.1. The maximum atomic E-state index is 12.1. The van der Waals surface area contributed by atoms with E-state index in [0.717, 1.165) is 0 Å². The van der Waals surface area contributed by atoms with Crippen molar-refractivity contribution in [3.05, 3.63) is 58.6 Å². The van der Waals surface area contributed by atoms with Gasteiger partial charge in [-0.15, -0.1) is 0 Å². The Morgan fingerprint density at radius 1 is 1.21 bits per heavy atom. The molecule has 0 bridgehead atoms. The Hall–Kier alpha value is -2.86. The summed E-state index contributed by atoms with van der Waals surface area (Å²) in [5, 5.41) is 6.96. The van der Waals surface area contributed by atoms with E-state index < -0.39 is 5.91 Å². The summed E-state index contributed by atoms with van der Waals surface area (Å²) in [5.41, 5.74) is 4.06. The molecule has 2 rings (SSSR count). The van der Waals surface area contributed by atoms with Crippen LogP contribution in [0.2, 0.25) is 5.02 Å². The second-order valence-corrected chi connectivity index (χ2v) is 5.26. The molecule has 2 N–H and O–H groups in total. The van der Waals surface area contributed by atoms with E-state index in [-0.39, 0.29) is 5.91 Å². The van der Waals surface area contributed by atoms with Gasteiger partial charge in [0.15, 0.2) is 0 Å². The van der Waals surface area contributed by atoms with E-state index in [2.05, 4.69) is 15.8 Å². The molecule has 0 unspecified atom stereocenters. The summed E-state index contributed by atoms with van der Waals surface area (Å²) < 4.78 is 5.06. The molecule has 2 aromatic rings. The van der Waals surface area contributed by atoms with Crippen LogP contribution in [0.4, 0.5) is 5.69 Å². The third-order valence-electron chi connectivity index (χ3n) is 3.00. The van der Waals surface area contributed by atoms with Crippen molar-refractivity contribution in [3.63, 3.8) is 0 Å². The Morgan fingerprint density at radius 2 is 2.00 bits per heavy atom. The number of hydrogen-bond donors (Lipinski definition) is 2. The molecule has 0 atom stereocenters. The number of carbonyl (C=O) groups excluding carboxylic acids is 2. The van der Waals surface area contributed by atoms with Gasteiger partial charge in [-0.3, -0.25) is 9.59 Å². The molecule has 24 heavy (non-hydrogen) atoms. The van der Waals surface area contributed by atoms with Crippen molar-refractivity contribution in [1.29, 1.82) is 0 Å². The predicted molar refractivity (Wildman–Crippen MR) is 93.8 cm³/mol. The van der Waals surface area contributed by atoms with Gasteiger partial charge in [0.05, 0.1) is 18.3 Å². The van der Waals surface area contributed by atoms with Crippen LogP contribution in [0.1, 0.15) is 22.8 Å². The number of rotatable bonds is 5. The first-order valence-corrected chi connectivity index (χ1v) is 7.42. The van der Waals surface area contributed by atoms with Crippen LogP contribution in [0.5, 0.6) is 5.75 Å². The van der Waals surface area contributed by atoms with E-state index in [4.69, 9.17) is 16.3 Å². The molecule has 0 aliphatic heterocycles. The first-order valence-electron chi connectivity index (χ1n) is 7.04. The Balaban J connectivity index is 2.02. The molecule has 0 aromatic heterocycles. The molecular weight excluding hydrogens is 330 g/mol. The van der Waals surface area contributed by atoms with Crippen molar-refractivity contribution in [1.82, 2.24) is 5.43 Å². The fourth-order valence-electron chi connectivity index (χ4n) is 1.93. The van der Waals surface area contributed by atoms with Crippen LogP contribution < -0.4 is 15.5 Å². The maximum Gasteiger partial charge on any atom is 0.271 e. The van der Waals surface area contributed by atoms with Gasteiger partial charge in [-0.05, 0) is 42.0 Å². The SMILES string of the molecule is COc1ccc(/C=N/NC(=O)c2cccc(NC(C)=O)c2)cc1Cl. The van der Waals surface area contributed by atoms with E-state index in [1.54, 1.807) is 42.5 Å². The molecule has 7 heteroatoms. The minimum absolute atomic E-state index is 0.207. The van der Waals surface area contributed by atoms with Crippen LogP contribution in [0.15, 0.2) is 47.6 Å². The number of carbonyl (C=O) groups is 2. The van der Waals surface area contributed by atoms with Crippen LogP contribution in [0.3, 0.4) is 0 Å². The lowest BCUT2D eigenvalue weighted by Gasteiger charge is -2.05. The number of anilines is 1. The zero-order chi connectivity index (χ0) is 17.5. The van der Waals surface area contributed by atoms with Crippen LogP contribution in [-0.2, 0) is 4.79 Å². The first kappa shape index (κ1) is 17.5. The van der Waals surface area contributed by atoms with Gasteiger partial charge in [0.2, 0.25) is 5.91 Å². The van der Waals surface area contributed by atoms with Gasteiger partial charge in [0, 0.05) is 18.2 Å². The largest absolute Gasteiger partial charge is 0.495 e. The van der Waals surface area contributed by atoms with Gasteiger partial charge < -0.3 is 10.1 Å². The summed E-state index contributed by atoms with van der Waals surface area (Å²) in [4.78, 5) is 23.1. The third-order valence-corrected chi connectivity index (χ3v) is 3.30. The molecule has 2 aromatic carbocycles. The molecule has 0 aliphatic carbocycles. The van der Waals surface area contributed by atoms with Crippen molar-refractivity contribution in [2.45, 2.75) is 6.92 Å². The number of nitrogens with one attached hydrogen (secondary N) is 2. The average molecular weight is 346 g/mol. The van der Waals surface area contributed by atoms with E-state index in [9.17, 15) is 9.59 Å². The molecule has 0 spiro atoms. The molecule has 2 amide bonds. The summed E-state index contributed by atoms with van der Waals surface area (Å²) in [7, 11) is 1.53. The average Bonchev–Trinajstić information content (AvgIpc) is 2.54. The highest BCUT2D eigenvalue weighted by atomic mass is 35.5. The van der Waals surface area contributed by atoms with Crippen molar-refractivity contribution >= 4 is 35.3 Å². The Kier molecular flexibility index (Phi) is 5.92. The second-order valence-electron chi connectivity index (χ2n) is 4.86. The predicted octanol–water partition coefficient (Wildman–Crippen LogP) is 3.07. The number of amides is 2. The lowest BCUT2D eigenvalue weighted by molar-refractivity contribution is -0.114. The highest BCUT2D eigenvalue weighted by Crippen LogP contribution is 2.24. The Morgan fingerprint density at radius 3 is 2.67 bits per heavy atom. The molecule has 6 nitrogen and oxygen atoms in total. The van der Waals surface area contributed by atoms with Crippen LogP contribution in [0.25, 0.3) is 0 Å². The lowest BCUT2D eigenvalue weighted by atomic mass is 10.2. The fraction of sp³-hybridized carbons (Fsp3) is 0.118. The molecule has 0 saturated carbocycles. The standard InChI is InChI=1S/C17H16ClN3O3/c1-11(22)20-14-5-3-4-13(9-14)17(23)21-19-10-12-6-7-16(24-2)15(18)8-12/h3-10H,1-2H3,(H,20,22)(H,21,23)/b19-10+. The van der Waals surface area contributed by atoms with Gasteiger partial charge in [-0.25, -0.2) is 5.43 Å². The van der Waals surface area contributed by atoms with Crippen molar-refractivity contribution in [2.24, 2.45) is 5.10 Å². The third kappa shape index (κ3) is 4.82.